The van der Waals surface area contributed by atoms with Crippen molar-refractivity contribution in [2.45, 2.75) is 13.8 Å². The molecule has 0 aliphatic rings. The molecule has 0 radical (unpaired) electrons. The summed E-state index contributed by atoms with van der Waals surface area (Å²) in [6.45, 7) is 3.59. The Morgan fingerprint density at radius 2 is 1.55 bits per heavy atom. The average Bonchev–Trinajstić information content (AvgIpc) is 3.18. The number of ketones is 1. The van der Waals surface area contributed by atoms with Gasteiger partial charge in [0.2, 0.25) is 0 Å². The lowest BCUT2D eigenvalue weighted by Gasteiger charge is -2.08. The number of carbonyl (C=O) groups excluding carboxylic acids is 1. The molecule has 0 saturated carbocycles. The Morgan fingerprint density at radius 3 is 2.19 bits per heavy atom. The van der Waals surface area contributed by atoms with Crippen LogP contribution in [0.3, 0.4) is 0 Å². The highest BCUT2D eigenvalue weighted by atomic mass is 16.6. The van der Waals surface area contributed by atoms with Crippen LogP contribution in [0.4, 0.5) is 5.69 Å². The molecule has 7 heteroatoms. The number of aromatic carboxylic acids is 1. The summed E-state index contributed by atoms with van der Waals surface area (Å²) < 4.78 is 1.88. The van der Waals surface area contributed by atoms with Crippen LogP contribution in [0.25, 0.3) is 16.6 Å². The van der Waals surface area contributed by atoms with E-state index in [1.165, 1.54) is 18.2 Å². The molecule has 0 fully saturated rings. The van der Waals surface area contributed by atoms with Crippen molar-refractivity contribution in [3.63, 3.8) is 0 Å². The Hall–Kier alpha value is -4.26. The predicted molar refractivity (Wildman–Crippen MR) is 116 cm³/mol. The van der Waals surface area contributed by atoms with Gasteiger partial charge >= 0.3 is 5.97 Å². The van der Waals surface area contributed by atoms with Crippen LogP contribution in [-0.2, 0) is 0 Å². The number of carboxylic acid groups (broad SMARTS) is 1. The maximum atomic E-state index is 13.1. The van der Waals surface area contributed by atoms with Crippen LogP contribution in [0.5, 0.6) is 0 Å². The van der Waals surface area contributed by atoms with Crippen molar-refractivity contribution in [1.29, 1.82) is 0 Å². The number of benzene rings is 3. The molecule has 31 heavy (non-hydrogen) atoms. The van der Waals surface area contributed by atoms with E-state index in [0.717, 1.165) is 27.7 Å². The third-order valence-corrected chi connectivity index (χ3v) is 5.40. The zero-order chi connectivity index (χ0) is 22.3. The fraction of sp³-hybridized carbons (Fsp3) is 0.0833. The number of hydrogen-bond donors (Lipinski definition) is 1. The molecule has 0 saturated heterocycles. The van der Waals surface area contributed by atoms with Gasteiger partial charge in [0.05, 0.1) is 16.0 Å². The summed E-state index contributed by atoms with van der Waals surface area (Å²) >= 11 is 0. The summed E-state index contributed by atoms with van der Waals surface area (Å²) in [5.41, 5.74) is 3.59. The number of nitro groups is 1. The molecule has 7 nitrogen and oxygen atoms in total. The summed E-state index contributed by atoms with van der Waals surface area (Å²) in [6.07, 6.45) is 1.83. The molecule has 0 atom stereocenters. The van der Waals surface area contributed by atoms with Crippen LogP contribution < -0.4 is 0 Å². The minimum absolute atomic E-state index is 0.0659. The molecule has 3 aromatic carbocycles. The fourth-order valence-electron chi connectivity index (χ4n) is 3.56. The third kappa shape index (κ3) is 3.57. The van der Waals surface area contributed by atoms with Crippen molar-refractivity contribution in [3.05, 3.63) is 105 Å². The largest absolute Gasteiger partial charge is 0.478 e. The van der Waals surface area contributed by atoms with E-state index in [4.69, 9.17) is 5.11 Å². The highest BCUT2D eigenvalue weighted by Gasteiger charge is 2.23. The van der Waals surface area contributed by atoms with Crippen LogP contribution in [-0.4, -0.2) is 26.3 Å². The van der Waals surface area contributed by atoms with E-state index in [9.17, 15) is 19.7 Å². The van der Waals surface area contributed by atoms with E-state index >= 15 is 0 Å². The molecular weight excluding hydrogens is 396 g/mol. The molecule has 0 unspecified atom stereocenters. The number of nitrogens with zero attached hydrogens (tertiary/aromatic N) is 2. The molecule has 154 valence electrons. The monoisotopic (exact) mass is 414 g/mol. The van der Waals surface area contributed by atoms with Gasteiger partial charge in [-0.05, 0) is 79.6 Å². The van der Waals surface area contributed by atoms with Gasteiger partial charge in [-0.25, -0.2) is 4.79 Å². The van der Waals surface area contributed by atoms with Gasteiger partial charge in [0.25, 0.3) is 5.69 Å². The number of hydrogen-bond acceptors (Lipinski definition) is 4. The van der Waals surface area contributed by atoms with Gasteiger partial charge in [0, 0.05) is 28.9 Å². The lowest BCUT2D eigenvalue weighted by molar-refractivity contribution is -0.385. The number of carboxylic acids is 1. The maximum absolute atomic E-state index is 13.1. The summed E-state index contributed by atoms with van der Waals surface area (Å²) in [5.74, 6) is -1.40. The number of aryl methyl sites for hydroxylation is 2. The van der Waals surface area contributed by atoms with E-state index in [0.29, 0.717) is 5.56 Å². The van der Waals surface area contributed by atoms with Gasteiger partial charge in [-0.1, -0.05) is 0 Å². The molecule has 0 aliphatic heterocycles. The van der Waals surface area contributed by atoms with Gasteiger partial charge in [-0.3, -0.25) is 14.9 Å². The van der Waals surface area contributed by atoms with Crippen molar-refractivity contribution in [1.82, 2.24) is 4.57 Å². The van der Waals surface area contributed by atoms with E-state index in [-0.39, 0.29) is 16.8 Å². The summed E-state index contributed by atoms with van der Waals surface area (Å²) in [4.78, 5) is 35.1. The van der Waals surface area contributed by atoms with E-state index in [1.54, 1.807) is 43.3 Å². The van der Waals surface area contributed by atoms with Gasteiger partial charge in [0.1, 0.15) is 5.56 Å². The zero-order valence-electron chi connectivity index (χ0n) is 16.8. The molecule has 0 spiro atoms. The number of fused-ring (bicyclic) bond motifs is 1. The van der Waals surface area contributed by atoms with E-state index < -0.39 is 16.7 Å². The molecule has 0 aliphatic carbocycles. The van der Waals surface area contributed by atoms with Gasteiger partial charge in [-0.15, -0.1) is 0 Å². The smallest absolute Gasteiger partial charge is 0.335 e. The fourth-order valence-corrected chi connectivity index (χ4v) is 3.56. The minimum atomic E-state index is -0.993. The maximum Gasteiger partial charge on any atom is 0.335 e. The van der Waals surface area contributed by atoms with Crippen LogP contribution in [0.1, 0.15) is 37.4 Å². The van der Waals surface area contributed by atoms with Crippen molar-refractivity contribution in [3.8, 4) is 5.69 Å². The molecule has 1 heterocycles. The van der Waals surface area contributed by atoms with Crippen LogP contribution in [0, 0.1) is 24.0 Å². The second-order valence-electron chi connectivity index (χ2n) is 7.35. The second kappa shape index (κ2) is 7.53. The summed E-state index contributed by atoms with van der Waals surface area (Å²) in [5, 5.41) is 21.3. The number of carbonyl (C=O) groups is 2. The van der Waals surface area contributed by atoms with Gasteiger partial charge in [-0.2, -0.15) is 0 Å². The Balaban J connectivity index is 1.75. The number of aromatic nitrogens is 1. The van der Waals surface area contributed by atoms with Crippen LogP contribution in [0.15, 0.2) is 66.9 Å². The zero-order valence-corrected chi connectivity index (χ0v) is 16.8. The van der Waals surface area contributed by atoms with Gasteiger partial charge < -0.3 is 9.67 Å². The molecular formula is C24H18N2O5. The quantitative estimate of drug-likeness (QED) is 0.279. The SMILES string of the molecule is Cc1cc(C(=O)c2ccc3c(ccn3-c3ccc(C(=O)O)cc3)c2)c([N+](=O)[O-])cc1C. The first-order chi connectivity index (χ1) is 14.8. The first-order valence-electron chi connectivity index (χ1n) is 9.51. The topological polar surface area (TPSA) is 102 Å². The van der Waals surface area contributed by atoms with Crippen molar-refractivity contribution in [2.24, 2.45) is 0 Å². The molecule has 1 aromatic heterocycles. The summed E-state index contributed by atoms with van der Waals surface area (Å²) in [6, 6.07) is 16.4. The number of nitro benzene ring substituents is 1. The lowest BCUT2D eigenvalue weighted by Crippen LogP contribution is -2.07. The Kier molecular flexibility index (Phi) is 4.87. The average molecular weight is 414 g/mol. The Labute approximate surface area is 177 Å². The summed E-state index contributed by atoms with van der Waals surface area (Å²) in [7, 11) is 0. The van der Waals surface area contributed by atoms with E-state index in [1.807, 2.05) is 23.8 Å². The third-order valence-electron chi connectivity index (χ3n) is 5.40. The highest BCUT2D eigenvalue weighted by Crippen LogP contribution is 2.28. The molecule has 4 aromatic rings. The van der Waals surface area contributed by atoms with Crippen molar-refractivity contribution in [2.75, 3.05) is 0 Å². The Morgan fingerprint density at radius 1 is 0.903 bits per heavy atom. The van der Waals surface area contributed by atoms with Crippen molar-refractivity contribution >= 4 is 28.3 Å². The van der Waals surface area contributed by atoms with E-state index in [2.05, 4.69) is 0 Å². The van der Waals surface area contributed by atoms with Gasteiger partial charge in [0.15, 0.2) is 5.78 Å². The first-order valence-corrected chi connectivity index (χ1v) is 9.51. The predicted octanol–water partition coefficient (Wildman–Crippen LogP) is 5.08. The molecule has 1 N–H and O–H groups in total. The minimum Gasteiger partial charge on any atom is -0.478 e. The highest BCUT2D eigenvalue weighted by molar-refractivity contribution is 6.13. The molecule has 0 bridgehead atoms. The van der Waals surface area contributed by atoms with Crippen LogP contribution >= 0.6 is 0 Å². The molecule has 4 rings (SSSR count). The number of rotatable bonds is 5. The van der Waals surface area contributed by atoms with Crippen molar-refractivity contribution < 1.29 is 19.6 Å². The molecule has 0 amide bonds. The first kappa shape index (κ1) is 20.0. The standard InChI is InChI=1S/C24H18N2O5/c1-14-11-20(22(26(30)31)12-15(14)2)23(27)18-5-8-21-17(13-18)9-10-25(21)19-6-3-16(4-7-19)24(28)29/h3-13H,1-2H3,(H,28,29). The Bertz CT molecular complexity index is 1370. The lowest BCUT2D eigenvalue weighted by atomic mass is 9.96. The second-order valence-corrected chi connectivity index (χ2v) is 7.35. The van der Waals surface area contributed by atoms with Crippen LogP contribution in [0.2, 0.25) is 0 Å². The normalized spacial score (nSPS) is 10.9.